The van der Waals surface area contributed by atoms with E-state index in [2.05, 4.69) is 0 Å². The standard InChI is InChI=1S/C22H16F3NO3/c23-22(24,25)19-8-4-7-18(13-19)21-14-20(10-9-17(21)11-12-26(27)28)29-15-16-5-2-1-3-6-16/h1-14H,15H2. The van der Waals surface area contributed by atoms with Crippen molar-refractivity contribution in [1.29, 1.82) is 0 Å². The second-order valence-electron chi connectivity index (χ2n) is 6.20. The van der Waals surface area contributed by atoms with Gasteiger partial charge in [0.15, 0.2) is 0 Å². The van der Waals surface area contributed by atoms with E-state index in [9.17, 15) is 23.3 Å². The molecule has 0 unspecified atom stereocenters. The van der Waals surface area contributed by atoms with Crippen LogP contribution < -0.4 is 4.74 Å². The maximum Gasteiger partial charge on any atom is 0.416 e. The molecular weight excluding hydrogens is 383 g/mol. The van der Waals surface area contributed by atoms with Gasteiger partial charge in [-0.3, -0.25) is 10.1 Å². The van der Waals surface area contributed by atoms with Crippen molar-refractivity contribution < 1.29 is 22.8 Å². The zero-order valence-corrected chi connectivity index (χ0v) is 15.1. The fraction of sp³-hybridized carbons (Fsp3) is 0.0909. The van der Waals surface area contributed by atoms with Crippen LogP contribution >= 0.6 is 0 Å². The van der Waals surface area contributed by atoms with E-state index in [1.807, 2.05) is 30.3 Å². The SMILES string of the molecule is O=[N+]([O-])C=Cc1ccc(OCc2ccccc2)cc1-c1cccc(C(F)(F)F)c1. The van der Waals surface area contributed by atoms with Gasteiger partial charge in [-0.1, -0.05) is 48.5 Å². The van der Waals surface area contributed by atoms with Gasteiger partial charge >= 0.3 is 6.18 Å². The van der Waals surface area contributed by atoms with E-state index >= 15 is 0 Å². The molecule has 0 N–H and O–H groups in total. The Labute approximate surface area is 165 Å². The van der Waals surface area contributed by atoms with Crippen LogP contribution in [0.25, 0.3) is 17.2 Å². The molecule has 0 amide bonds. The monoisotopic (exact) mass is 399 g/mol. The summed E-state index contributed by atoms with van der Waals surface area (Å²) in [4.78, 5) is 10.0. The molecule has 0 aromatic heterocycles. The largest absolute Gasteiger partial charge is 0.489 e. The van der Waals surface area contributed by atoms with Crippen LogP contribution in [0.5, 0.6) is 5.75 Å². The summed E-state index contributed by atoms with van der Waals surface area (Å²) in [5.74, 6) is 0.444. The second-order valence-corrected chi connectivity index (χ2v) is 6.20. The van der Waals surface area contributed by atoms with Gasteiger partial charge < -0.3 is 4.74 Å². The number of rotatable bonds is 6. The Hall–Kier alpha value is -3.61. The van der Waals surface area contributed by atoms with E-state index < -0.39 is 16.7 Å². The summed E-state index contributed by atoms with van der Waals surface area (Å²) in [6, 6.07) is 19.0. The highest BCUT2D eigenvalue weighted by Gasteiger charge is 2.30. The molecule has 3 rings (SSSR count). The van der Waals surface area contributed by atoms with E-state index in [0.717, 1.165) is 23.9 Å². The van der Waals surface area contributed by atoms with Crippen LogP contribution in [0.1, 0.15) is 16.7 Å². The van der Waals surface area contributed by atoms with Crippen LogP contribution in [-0.4, -0.2) is 4.92 Å². The lowest BCUT2D eigenvalue weighted by Crippen LogP contribution is -2.04. The quantitative estimate of drug-likeness (QED) is 0.366. The Bertz CT molecular complexity index is 1030. The first-order valence-electron chi connectivity index (χ1n) is 8.63. The molecule has 0 atom stereocenters. The van der Waals surface area contributed by atoms with Crippen LogP contribution in [0.2, 0.25) is 0 Å². The lowest BCUT2D eigenvalue weighted by atomic mass is 9.97. The van der Waals surface area contributed by atoms with Gasteiger partial charge in [-0.2, -0.15) is 13.2 Å². The highest BCUT2D eigenvalue weighted by molar-refractivity contribution is 5.76. The summed E-state index contributed by atoms with van der Waals surface area (Å²) in [6.07, 6.45) is -2.50. The van der Waals surface area contributed by atoms with E-state index in [1.54, 1.807) is 18.2 Å². The number of hydrogen-bond donors (Lipinski definition) is 0. The van der Waals surface area contributed by atoms with Gasteiger partial charge in [-0.05, 0) is 46.5 Å². The highest BCUT2D eigenvalue weighted by atomic mass is 19.4. The minimum atomic E-state index is -4.49. The predicted molar refractivity (Wildman–Crippen MR) is 104 cm³/mol. The third-order valence-electron chi connectivity index (χ3n) is 4.15. The van der Waals surface area contributed by atoms with Crippen molar-refractivity contribution in [3.8, 4) is 16.9 Å². The molecule has 148 valence electrons. The Morgan fingerprint density at radius 1 is 0.966 bits per heavy atom. The van der Waals surface area contributed by atoms with Crippen LogP contribution in [0.4, 0.5) is 13.2 Å². The normalized spacial score (nSPS) is 11.6. The lowest BCUT2D eigenvalue weighted by Gasteiger charge is -2.13. The molecule has 3 aromatic rings. The molecule has 0 bridgehead atoms. The summed E-state index contributed by atoms with van der Waals surface area (Å²) < 4.78 is 45.0. The van der Waals surface area contributed by atoms with Gasteiger partial charge in [0, 0.05) is 6.08 Å². The number of benzene rings is 3. The third kappa shape index (κ3) is 5.44. The van der Waals surface area contributed by atoms with Gasteiger partial charge in [-0.15, -0.1) is 0 Å². The van der Waals surface area contributed by atoms with Crippen LogP contribution in [-0.2, 0) is 12.8 Å². The molecule has 0 saturated carbocycles. The number of hydrogen-bond acceptors (Lipinski definition) is 3. The van der Waals surface area contributed by atoms with Crippen LogP contribution in [0.15, 0.2) is 79.0 Å². The van der Waals surface area contributed by atoms with Crippen LogP contribution in [0, 0.1) is 10.1 Å². The summed E-state index contributed by atoms with van der Waals surface area (Å²) in [5.41, 5.74) is 1.24. The van der Waals surface area contributed by atoms with Crippen molar-refractivity contribution in [2.24, 2.45) is 0 Å². The molecule has 4 nitrogen and oxygen atoms in total. The smallest absolute Gasteiger partial charge is 0.416 e. The molecule has 29 heavy (non-hydrogen) atoms. The maximum atomic E-state index is 13.1. The average molecular weight is 399 g/mol. The van der Waals surface area contributed by atoms with Crippen molar-refractivity contribution in [2.75, 3.05) is 0 Å². The number of nitro groups is 1. The molecule has 0 fully saturated rings. The van der Waals surface area contributed by atoms with Crippen molar-refractivity contribution in [2.45, 2.75) is 12.8 Å². The average Bonchev–Trinajstić information content (AvgIpc) is 2.71. The lowest BCUT2D eigenvalue weighted by molar-refractivity contribution is -0.400. The van der Waals surface area contributed by atoms with E-state index in [4.69, 9.17) is 4.74 Å². The topological polar surface area (TPSA) is 52.4 Å². The zero-order chi connectivity index (χ0) is 20.9. The van der Waals surface area contributed by atoms with Crippen molar-refractivity contribution in [3.05, 3.63) is 106 Å². The summed E-state index contributed by atoms with van der Waals surface area (Å²) in [6.45, 7) is 0.285. The van der Waals surface area contributed by atoms with Crippen LogP contribution in [0.3, 0.4) is 0 Å². The Kier molecular flexibility index (Phi) is 5.97. The molecule has 3 aromatic carbocycles. The van der Waals surface area contributed by atoms with E-state index in [0.29, 0.717) is 16.9 Å². The summed E-state index contributed by atoms with van der Waals surface area (Å²) in [7, 11) is 0. The first-order chi connectivity index (χ1) is 13.8. The molecule has 0 heterocycles. The zero-order valence-electron chi connectivity index (χ0n) is 15.1. The second kappa shape index (κ2) is 8.60. The van der Waals surface area contributed by atoms with Gasteiger partial charge in [0.2, 0.25) is 6.20 Å². The molecule has 0 spiro atoms. The molecule has 7 heteroatoms. The first kappa shape index (κ1) is 20.1. The predicted octanol–water partition coefficient (Wildman–Crippen LogP) is 6.20. The van der Waals surface area contributed by atoms with Gasteiger partial charge in [-0.25, -0.2) is 0 Å². The molecule has 0 aliphatic heterocycles. The summed E-state index contributed by atoms with van der Waals surface area (Å²) in [5, 5.41) is 10.7. The number of alkyl halides is 3. The van der Waals surface area contributed by atoms with Crippen molar-refractivity contribution in [3.63, 3.8) is 0 Å². The highest BCUT2D eigenvalue weighted by Crippen LogP contribution is 2.35. The fourth-order valence-electron chi connectivity index (χ4n) is 2.77. The van der Waals surface area contributed by atoms with Gasteiger partial charge in [0.25, 0.3) is 0 Å². The van der Waals surface area contributed by atoms with Crippen molar-refractivity contribution in [1.82, 2.24) is 0 Å². The van der Waals surface area contributed by atoms with Gasteiger partial charge in [0.05, 0.1) is 10.5 Å². The number of halogens is 3. The third-order valence-corrected chi connectivity index (χ3v) is 4.15. The Morgan fingerprint density at radius 2 is 1.72 bits per heavy atom. The maximum absolute atomic E-state index is 13.1. The first-order valence-corrected chi connectivity index (χ1v) is 8.63. The minimum Gasteiger partial charge on any atom is -0.489 e. The Morgan fingerprint density at radius 3 is 2.41 bits per heavy atom. The molecule has 0 radical (unpaired) electrons. The number of nitrogens with zero attached hydrogens (tertiary/aromatic N) is 1. The Balaban J connectivity index is 1.98. The number of ether oxygens (including phenoxy) is 1. The molecule has 0 aliphatic carbocycles. The molecular formula is C22H16F3NO3. The van der Waals surface area contributed by atoms with Crippen molar-refractivity contribution >= 4 is 6.08 Å². The fourth-order valence-corrected chi connectivity index (χ4v) is 2.77. The summed E-state index contributed by atoms with van der Waals surface area (Å²) >= 11 is 0. The minimum absolute atomic E-state index is 0.285. The molecule has 0 aliphatic rings. The molecule has 0 saturated heterocycles. The van der Waals surface area contributed by atoms with E-state index in [1.165, 1.54) is 18.2 Å². The van der Waals surface area contributed by atoms with Gasteiger partial charge in [0.1, 0.15) is 12.4 Å². The van der Waals surface area contributed by atoms with E-state index in [-0.39, 0.29) is 12.2 Å².